The standard InChI is InChI=1S/C21H24N2O3S2/c1-14-11-15(5-7-18(14)26-3)12-20(24)22-21-23(9-10-27-4)17-13-16(25-2)6-8-19(17)28-21/h5-8,11,13H,9-10,12H2,1-4H3. The number of carbonyl (C=O) groups is 1. The van der Waals surface area contributed by atoms with E-state index in [1.165, 1.54) is 11.3 Å². The maximum absolute atomic E-state index is 12.6. The number of hydrogen-bond donors (Lipinski definition) is 0. The number of nitrogens with zero attached hydrogens (tertiary/aromatic N) is 2. The van der Waals surface area contributed by atoms with Crippen LogP contribution in [0.3, 0.4) is 0 Å². The Morgan fingerprint density at radius 2 is 2.00 bits per heavy atom. The first-order valence-electron chi connectivity index (χ1n) is 8.93. The van der Waals surface area contributed by atoms with Crippen LogP contribution in [0.4, 0.5) is 0 Å². The smallest absolute Gasteiger partial charge is 0.252 e. The highest BCUT2D eigenvalue weighted by molar-refractivity contribution is 7.98. The average molecular weight is 417 g/mol. The van der Waals surface area contributed by atoms with Crippen LogP contribution in [0.1, 0.15) is 11.1 Å². The molecule has 1 aromatic heterocycles. The number of hydrogen-bond acceptors (Lipinski definition) is 5. The summed E-state index contributed by atoms with van der Waals surface area (Å²) in [6.45, 7) is 2.77. The highest BCUT2D eigenvalue weighted by atomic mass is 32.2. The maximum atomic E-state index is 12.6. The molecule has 0 unspecified atom stereocenters. The monoisotopic (exact) mass is 416 g/mol. The topological polar surface area (TPSA) is 52.8 Å². The molecule has 0 atom stereocenters. The SMILES string of the molecule is COc1ccc2sc(=NC(=O)Cc3ccc(OC)c(C)c3)n(CCSC)c2c1. The number of thiazole rings is 1. The van der Waals surface area contributed by atoms with Gasteiger partial charge in [-0.05, 0) is 42.5 Å². The van der Waals surface area contributed by atoms with Gasteiger partial charge in [-0.1, -0.05) is 23.5 Å². The van der Waals surface area contributed by atoms with Crippen LogP contribution in [0.15, 0.2) is 41.4 Å². The molecule has 0 bridgehead atoms. The van der Waals surface area contributed by atoms with Gasteiger partial charge in [0.2, 0.25) is 0 Å². The first-order valence-corrected chi connectivity index (χ1v) is 11.1. The third kappa shape index (κ3) is 4.59. The van der Waals surface area contributed by atoms with E-state index in [9.17, 15) is 4.79 Å². The molecule has 0 aliphatic carbocycles. The summed E-state index contributed by atoms with van der Waals surface area (Å²) in [5.74, 6) is 2.42. The molecule has 0 spiro atoms. The molecule has 0 N–H and O–H groups in total. The van der Waals surface area contributed by atoms with Crippen molar-refractivity contribution in [1.82, 2.24) is 4.57 Å². The van der Waals surface area contributed by atoms with Crippen molar-refractivity contribution in [1.29, 1.82) is 0 Å². The van der Waals surface area contributed by atoms with Crippen LogP contribution in [0.25, 0.3) is 10.2 Å². The molecule has 0 saturated carbocycles. The number of fused-ring (bicyclic) bond motifs is 1. The predicted octanol–water partition coefficient (Wildman–Crippen LogP) is 4.06. The molecule has 148 valence electrons. The Bertz CT molecular complexity index is 1050. The Kier molecular flexibility index (Phi) is 6.80. The summed E-state index contributed by atoms with van der Waals surface area (Å²) < 4.78 is 13.8. The van der Waals surface area contributed by atoms with E-state index in [4.69, 9.17) is 9.47 Å². The fourth-order valence-electron chi connectivity index (χ4n) is 3.03. The zero-order valence-corrected chi connectivity index (χ0v) is 18.2. The van der Waals surface area contributed by atoms with Crippen LogP contribution in [0, 0.1) is 6.92 Å². The van der Waals surface area contributed by atoms with Gasteiger partial charge in [-0.15, -0.1) is 0 Å². The summed E-state index contributed by atoms with van der Waals surface area (Å²) in [4.78, 5) is 17.8. The van der Waals surface area contributed by atoms with Crippen molar-refractivity contribution in [2.75, 3.05) is 26.2 Å². The van der Waals surface area contributed by atoms with Gasteiger partial charge in [-0.3, -0.25) is 4.79 Å². The lowest BCUT2D eigenvalue weighted by Crippen LogP contribution is -2.18. The van der Waals surface area contributed by atoms with Crippen LogP contribution >= 0.6 is 23.1 Å². The lowest BCUT2D eigenvalue weighted by Gasteiger charge is -2.06. The molecule has 5 nitrogen and oxygen atoms in total. The van der Waals surface area contributed by atoms with E-state index in [1.54, 1.807) is 26.0 Å². The number of aromatic nitrogens is 1. The van der Waals surface area contributed by atoms with Crippen molar-refractivity contribution < 1.29 is 14.3 Å². The minimum absolute atomic E-state index is 0.152. The fraction of sp³-hybridized carbons (Fsp3) is 0.333. The van der Waals surface area contributed by atoms with E-state index in [-0.39, 0.29) is 12.3 Å². The molecule has 7 heteroatoms. The Morgan fingerprint density at radius 3 is 2.68 bits per heavy atom. The quantitative estimate of drug-likeness (QED) is 0.583. The third-order valence-electron chi connectivity index (χ3n) is 4.44. The molecule has 0 fully saturated rings. The van der Waals surface area contributed by atoms with E-state index < -0.39 is 0 Å². The minimum atomic E-state index is -0.152. The van der Waals surface area contributed by atoms with Crippen LogP contribution in [0.5, 0.6) is 11.5 Å². The van der Waals surface area contributed by atoms with E-state index in [0.717, 1.165) is 49.9 Å². The van der Waals surface area contributed by atoms with E-state index >= 15 is 0 Å². The molecular weight excluding hydrogens is 392 g/mol. The summed E-state index contributed by atoms with van der Waals surface area (Å²) in [5.41, 5.74) is 2.99. The largest absolute Gasteiger partial charge is 0.497 e. The lowest BCUT2D eigenvalue weighted by molar-refractivity contribution is -0.117. The number of amides is 1. The van der Waals surface area contributed by atoms with Gasteiger partial charge in [0, 0.05) is 18.4 Å². The van der Waals surface area contributed by atoms with Gasteiger partial charge >= 0.3 is 0 Å². The normalized spacial score (nSPS) is 11.8. The predicted molar refractivity (Wildman–Crippen MR) is 117 cm³/mol. The molecule has 0 saturated heterocycles. The second-order valence-corrected chi connectivity index (χ2v) is 8.34. The molecule has 0 aliphatic heterocycles. The van der Waals surface area contributed by atoms with Crippen LogP contribution in [0.2, 0.25) is 0 Å². The maximum Gasteiger partial charge on any atom is 0.252 e. The van der Waals surface area contributed by atoms with Crippen molar-refractivity contribution in [3.8, 4) is 11.5 Å². The molecule has 2 aromatic carbocycles. The van der Waals surface area contributed by atoms with Gasteiger partial charge in [-0.2, -0.15) is 16.8 Å². The van der Waals surface area contributed by atoms with Crippen molar-refractivity contribution in [3.63, 3.8) is 0 Å². The van der Waals surface area contributed by atoms with Crippen LogP contribution in [-0.4, -0.2) is 36.7 Å². The average Bonchev–Trinajstić information content (AvgIpc) is 3.02. The number of aryl methyl sites for hydroxylation is 2. The van der Waals surface area contributed by atoms with Crippen molar-refractivity contribution >= 4 is 39.2 Å². The lowest BCUT2D eigenvalue weighted by atomic mass is 10.1. The summed E-state index contributed by atoms with van der Waals surface area (Å²) in [7, 11) is 3.30. The zero-order valence-electron chi connectivity index (χ0n) is 16.5. The number of benzene rings is 2. The molecule has 1 amide bonds. The van der Waals surface area contributed by atoms with Gasteiger partial charge in [0.05, 0.1) is 30.9 Å². The number of ether oxygens (including phenoxy) is 2. The first kappa shape index (κ1) is 20.5. The van der Waals surface area contributed by atoms with Gasteiger partial charge in [0.25, 0.3) is 5.91 Å². The second-order valence-electron chi connectivity index (χ2n) is 6.35. The molecule has 0 radical (unpaired) electrons. The summed E-state index contributed by atoms with van der Waals surface area (Å²) >= 11 is 3.30. The Morgan fingerprint density at radius 1 is 1.18 bits per heavy atom. The van der Waals surface area contributed by atoms with Crippen LogP contribution < -0.4 is 14.3 Å². The first-order chi connectivity index (χ1) is 13.5. The van der Waals surface area contributed by atoms with Crippen LogP contribution in [-0.2, 0) is 17.8 Å². The highest BCUT2D eigenvalue weighted by Gasteiger charge is 2.10. The third-order valence-corrected chi connectivity index (χ3v) is 6.09. The molecule has 3 aromatic rings. The summed E-state index contributed by atoms with van der Waals surface area (Å²) in [5, 5.41) is 0. The molecule has 28 heavy (non-hydrogen) atoms. The molecule has 3 rings (SSSR count). The van der Waals surface area contributed by atoms with Gasteiger partial charge in [0.15, 0.2) is 4.80 Å². The molecule has 1 heterocycles. The Balaban J connectivity index is 1.95. The highest BCUT2D eigenvalue weighted by Crippen LogP contribution is 2.23. The summed E-state index contributed by atoms with van der Waals surface area (Å²) in [6.07, 6.45) is 2.34. The van der Waals surface area contributed by atoms with E-state index in [2.05, 4.69) is 15.8 Å². The van der Waals surface area contributed by atoms with Crippen molar-refractivity contribution in [2.24, 2.45) is 4.99 Å². The van der Waals surface area contributed by atoms with Crippen molar-refractivity contribution in [3.05, 3.63) is 52.3 Å². The van der Waals surface area contributed by atoms with Gasteiger partial charge in [-0.25, -0.2) is 0 Å². The van der Waals surface area contributed by atoms with Gasteiger partial charge < -0.3 is 14.0 Å². The Labute approximate surface area is 173 Å². The zero-order chi connectivity index (χ0) is 20.1. The number of rotatable bonds is 7. The fourth-order valence-corrected chi connectivity index (χ4v) is 4.45. The Hall–Kier alpha value is -2.25. The molecule has 0 aliphatic rings. The minimum Gasteiger partial charge on any atom is -0.497 e. The second kappa shape index (κ2) is 9.30. The number of methoxy groups -OCH3 is 2. The number of carbonyl (C=O) groups excluding carboxylic acids is 1. The molecular formula is C21H24N2O3S2. The van der Waals surface area contributed by atoms with Gasteiger partial charge in [0.1, 0.15) is 11.5 Å². The van der Waals surface area contributed by atoms with E-state index in [0.29, 0.717) is 0 Å². The summed E-state index contributed by atoms with van der Waals surface area (Å²) in [6, 6.07) is 11.7. The van der Waals surface area contributed by atoms with E-state index in [1.807, 2.05) is 43.3 Å². The number of thioether (sulfide) groups is 1. The van der Waals surface area contributed by atoms with Crippen molar-refractivity contribution in [2.45, 2.75) is 19.9 Å².